The topological polar surface area (TPSA) is 93.1 Å². The highest BCUT2D eigenvalue weighted by atomic mass is 16.5. The summed E-state index contributed by atoms with van der Waals surface area (Å²) in [5, 5.41) is 14.6. The Morgan fingerprint density at radius 3 is 2.61 bits per heavy atom. The van der Waals surface area contributed by atoms with Crippen LogP contribution in [-0.4, -0.2) is 70.2 Å². The molecule has 41 heavy (non-hydrogen) atoms. The van der Waals surface area contributed by atoms with Gasteiger partial charge in [0.2, 0.25) is 0 Å². The van der Waals surface area contributed by atoms with Gasteiger partial charge in [0.1, 0.15) is 6.07 Å². The van der Waals surface area contributed by atoms with Gasteiger partial charge in [-0.2, -0.15) is 5.26 Å². The Hall–Kier alpha value is -4.03. The molecule has 0 radical (unpaired) electrons. The Labute approximate surface area is 241 Å². The Morgan fingerprint density at radius 1 is 1.02 bits per heavy atom. The Balaban J connectivity index is 1.14. The molecule has 0 amide bonds. The summed E-state index contributed by atoms with van der Waals surface area (Å²) in [7, 11) is 0. The van der Waals surface area contributed by atoms with Gasteiger partial charge in [-0.1, -0.05) is 6.07 Å². The summed E-state index contributed by atoms with van der Waals surface area (Å²) in [6, 6.07) is 13.4. The lowest BCUT2D eigenvalue weighted by Gasteiger charge is -2.40. The normalized spacial score (nSPS) is 17.3. The van der Waals surface area contributed by atoms with Gasteiger partial charge in [0.15, 0.2) is 0 Å². The van der Waals surface area contributed by atoms with E-state index in [0.717, 1.165) is 90.7 Å². The fourth-order valence-electron chi connectivity index (χ4n) is 6.04. The number of morpholine rings is 1. The fraction of sp³-hybridized carbons (Fsp3) is 0.364. The smallest absolute Gasteiger partial charge is 0.103 e. The number of fused-ring (bicyclic) bond motifs is 1. The predicted molar refractivity (Wildman–Crippen MR) is 164 cm³/mol. The SMILES string of the molecule is Cc1ncc(C#N)c(Nc2ccc3[nH]ccc3c2C)c1/C=C/c1ccc(CN2CCC(N3CCOCC3)CC2)cn1. The molecule has 0 aliphatic carbocycles. The molecule has 0 spiro atoms. The lowest BCUT2D eigenvalue weighted by atomic mass is 10.0. The van der Waals surface area contributed by atoms with Crippen LogP contribution in [0, 0.1) is 25.2 Å². The largest absolute Gasteiger partial charge is 0.379 e. The first-order valence-corrected chi connectivity index (χ1v) is 14.5. The molecule has 210 valence electrons. The molecule has 8 heteroatoms. The van der Waals surface area contributed by atoms with Crippen LogP contribution in [0.1, 0.15) is 46.5 Å². The maximum Gasteiger partial charge on any atom is 0.103 e. The minimum atomic E-state index is 0.504. The molecule has 1 aromatic carbocycles. The molecule has 0 saturated carbocycles. The molecule has 0 bridgehead atoms. The maximum atomic E-state index is 9.87. The second-order valence-electron chi connectivity index (χ2n) is 11.0. The first-order valence-electron chi connectivity index (χ1n) is 14.5. The van der Waals surface area contributed by atoms with Crippen LogP contribution >= 0.6 is 0 Å². The van der Waals surface area contributed by atoms with E-state index in [1.807, 2.05) is 37.5 Å². The average molecular weight is 548 g/mol. The molecule has 3 aromatic heterocycles. The van der Waals surface area contributed by atoms with E-state index in [1.165, 1.54) is 18.4 Å². The standard InChI is InChI=1S/C33H37N7O/c1-23-29-9-12-35-32(29)8-7-31(23)38-33-26(19-34)21-36-24(2)30(33)6-5-27-4-3-25(20-37-27)22-39-13-10-28(11-14-39)40-15-17-41-18-16-40/h3-9,12,20-21,28,35H,10-11,13-18,22H2,1-2H3,(H,36,38)/b6-5+. The molecule has 4 aromatic rings. The van der Waals surface area contributed by atoms with E-state index in [1.54, 1.807) is 6.20 Å². The number of H-pyrrole nitrogens is 1. The zero-order chi connectivity index (χ0) is 28.2. The molecule has 0 atom stereocenters. The predicted octanol–water partition coefficient (Wildman–Crippen LogP) is 5.66. The van der Waals surface area contributed by atoms with Crippen LogP contribution in [0.25, 0.3) is 23.1 Å². The minimum Gasteiger partial charge on any atom is -0.379 e. The summed E-state index contributed by atoms with van der Waals surface area (Å²) in [6.45, 7) is 11.1. The number of rotatable bonds is 7. The molecule has 6 rings (SSSR count). The molecule has 2 aliphatic rings. The number of nitrogens with one attached hydrogen (secondary N) is 2. The van der Waals surface area contributed by atoms with Gasteiger partial charge >= 0.3 is 0 Å². The molecule has 8 nitrogen and oxygen atoms in total. The number of piperidine rings is 1. The molecule has 2 N–H and O–H groups in total. The van der Waals surface area contributed by atoms with Gasteiger partial charge < -0.3 is 15.0 Å². The molecule has 2 aliphatic heterocycles. The average Bonchev–Trinajstić information content (AvgIpc) is 3.50. The van der Waals surface area contributed by atoms with Crippen LogP contribution < -0.4 is 5.32 Å². The summed E-state index contributed by atoms with van der Waals surface area (Å²) in [6.07, 6.45) is 12.0. The number of likely N-dealkylation sites (tertiary alicyclic amines) is 1. The van der Waals surface area contributed by atoms with E-state index in [4.69, 9.17) is 9.72 Å². The number of pyridine rings is 2. The zero-order valence-electron chi connectivity index (χ0n) is 23.9. The van der Waals surface area contributed by atoms with Crippen molar-refractivity contribution >= 4 is 34.4 Å². The van der Waals surface area contributed by atoms with Crippen LogP contribution in [0.2, 0.25) is 0 Å². The highest BCUT2D eigenvalue weighted by molar-refractivity contribution is 5.90. The van der Waals surface area contributed by atoms with Crippen molar-refractivity contribution < 1.29 is 4.74 Å². The number of ether oxygens (including phenoxy) is 1. The van der Waals surface area contributed by atoms with Crippen molar-refractivity contribution in [3.05, 3.63) is 82.6 Å². The number of nitriles is 1. The summed E-state index contributed by atoms with van der Waals surface area (Å²) in [5.41, 5.74) is 8.27. The van der Waals surface area contributed by atoms with Gasteiger partial charge in [-0.05, 0) is 87.3 Å². The number of aromatic nitrogens is 3. The second kappa shape index (κ2) is 12.2. The van der Waals surface area contributed by atoms with Gasteiger partial charge in [-0.15, -0.1) is 0 Å². The van der Waals surface area contributed by atoms with Crippen LogP contribution in [0.5, 0.6) is 0 Å². The third-order valence-corrected chi connectivity index (χ3v) is 8.49. The number of hydrogen-bond acceptors (Lipinski definition) is 7. The number of aryl methyl sites for hydroxylation is 2. The van der Waals surface area contributed by atoms with Crippen molar-refractivity contribution in [3.63, 3.8) is 0 Å². The highest BCUT2D eigenvalue weighted by Crippen LogP contribution is 2.32. The van der Waals surface area contributed by atoms with E-state index in [9.17, 15) is 5.26 Å². The van der Waals surface area contributed by atoms with Crippen molar-refractivity contribution in [2.75, 3.05) is 44.7 Å². The number of anilines is 2. The van der Waals surface area contributed by atoms with E-state index in [0.29, 0.717) is 11.6 Å². The van der Waals surface area contributed by atoms with Crippen molar-refractivity contribution in [3.8, 4) is 6.07 Å². The van der Waals surface area contributed by atoms with Crippen molar-refractivity contribution in [1.29, 1.82) is 5.26 Å². The van der Waals surface area contributed by atoms with Gasteiger partial charge in [0, 0.05) is 72.1 Å². The quantitative estimate of drug-likeness (QED) is 0.309. The van der Waals surface area contributed by atoms with Crippen LogP contribution in [0.3, 0.4) is 0 Å². The summed E-state index contributed by atoms with van der Waals surface area (Å²) < 4.78 is 5.52. The van der Waals surface area contributed by atoms with Crippen LogP contribution in [0.15, 0.2) is 48.9 Å². The highest BCUT2D eigenvalue weighted by Gasteiger charge is 2.25. The van der Waals surface area contributed by atoms with Crippen molar-refractivity contribution in [1.82, 2.24) is 24.8 Å². The van der Waals surface area contributed by atoms with Gasteiger partial charge in [-0.3, -0.25) is 19.8 Å². The van der Waals surface area contributed by atoms with Crippen LogP contribution in [0.4, 0.5) is 11.4 Å². The Morgan fingerprint density at radius 2 is 1.85 bits per heavy atom. The zero-order valence-corrected chi connectivity index (χ0v) is 23.9. The Kier molecular flexibility index (Phi) is 8.10. The third kappa shape index (κ3) is 6.03. The van der Waals surface area contributed by atoms with E-state index >= 15 is 0 Å². The summed E-state index contributed by atoms with van der Waals surface area (Å²) in [4.78, 5) is 17.6. The lowest BCUT2D eigenvalue weighted by Crippen LogP contribution is -2.48. The molecular formula is C33H37N7O. The second-order valence-corrected chi connectivity index (χ2v) is 11.0. The fourth-order valence-corrected chi connectivity index (χ4v) is 6.04. The number of benzene rings is 1. The summed E-state index contributed by atoms with van der Waals surface area (Å²) >= 11 is 0. The lowest BCUT2D eigenvalue weighted by molar-refractivity contribution is 0.000223. The molecule has 2 fully saturated rings. The van der Waals surface area contributed by atoms with Gasteiger partial charge in [-0.25, -0.2) is 0 Å². The van der Waals surface area contributed by atoms with Crippen molar-refractivity contribution in [2.24, 2.45) is 0 Å². The molecule has 5 heterocycles. The first kappa shape index (κ1) is 27.2. The Bertz CT molecular complexity index is 1570. The maximum absolute atomic E-state index is 9.87. The monoisotopic (exact) mass is 547 g/mol. The number of nitrogens with zero attached hydrogens (tertiary/aromatic N) is 5. The number of hydrogen-bond donors (Lipinski definition) is 2. The van der Waals surface area contributed by atoms with E-state index < -0.39 is 0 Å². The first-order chi connectivity index (χ1) is 20.1. The van der Waals surface area contributed by atoms with E-state index in [2.05, 4.69) is 62.3 Å². The number of aromatic amines is 1. The van der Waals surface area contributed by atoms with Gasteiger partial charge in [0.25, 0.3) is 0 Å². The van der Waals surface area contributed by atoms with Crippen LogP contribution in [-0.2, 0) is 11.3 Å². The third-order valence-electron chi connectivity index (χ3n) is 8.49. The van der Waals surface area contributed by atoms with Crippen molar-refractivity contribution in [2.45, 2.75) is 39.3 Å². The molecule has 2 saturated heterocycles. The molecule has 0 unspecified atom stereocenters. The molecular weight excluding hydrogens is 510 g/mol. The summed E-state index contributed by atoms with van der Waals surface area (Å²) in [5.74, 6) is 0. The van der Waals surface area contributed by atoms with E-state index in [-0.39, 0.29) is 0 Å². The van der Waals surface area contributed by atoms with Gasteiger partial charge in [0.05, 0.1) is 30.2 Å². The minimum absolute atomic E-state index is 0.504.